The van der Waals surface area contributed by atoms with Crippen molar-refractivity contribution in [2.75, 3.05) is 0 Å². The first-order valence-electron chi connectivity index (χ1n) is 5.37. The highest BCUT2D eigenvalue weighted by molar-refractivity contribution is 6.31. The Labute approximate surface area is 97.4 Å². The van der Waals surface area contributed by atoms with Gasteiger partial charge in [-0.3, -0.25) is 4.79 Å². The third-order valence-corrected chi connectivity index (χ3v) is 2.80. The second kappa shape index (κ2) is 4.53. The van der Waals surface area contributed by atoms with Crippen LogP contribution in [0.1, 0.15) is 24.4 Å². The number of benzene rings is 1. The number of nitrogens with one attached hydrogen (secondary N) is 1. The van der Waals surface area contributed by atoms with Crippen LogP contribution < -0.4 is 5.32 Å². The smallest absolute Gasteiger partial charge is 0.394 e. The molecule has 90 valence electrons. The zero-order valence-electron chi connectivity index (χ0n) is 9.02. The van der Waals surface area contributed by atoms with E-state index < -0.39 is 11.9 Å². The van der Waals surface area contributed by atoms with E-state index in [9.17, 15) is 14.0 Å². The summed E-state index contributed by atoms with van der Waals surface area (Å²) in [5.41, 5.74) is 0.739. The molecule has 1 atom stereocenters. The van der Waals surface area contributed by atoms with Gasteiger partial charge in [0.05, 0.1) is 6.04 Å². The summed E-state index contributed by atoms with van der Waals surface area (Å²) in [6.45, 7) is 0. The number of hydrogen-bond acceptors (Lipinski definition) is 2. The summed E-state index contributed by atoms with van der Waals surface area (Å²) >= 11 is 0. The van der Waals surface area contributed by atoms with Gasteiger partial charge in [0.1, 0.15) is 5.82 Å². The van der Waals surface area contributed by atoms with Gasteiger partial charge in [-0.1, -0.05) is 12.1 Å². The van der Waals surface area contributed by atoms with Gasteiger partial charge in [-0.15, -0.1) is 0 Å². The Hall–Kier alpha value is -1.91. The first kappa shape index (κ1) is 11.6. The molecule has 0 aromatic heterocycles. The molecule has 0 aliphatic heterocycles. The van der Waals surface area contributed by atoms with Gasteiger partial charge in [0.2, 0.25) is 0 Å². The first-order chi connectivity index (χ1) is 8.08. The Balaban J connectivity index is 2.14. The fourth-order valence-corrected chi connectivity index (χ4v) is 1.78. The van der Waals surface area contributed by atoms with E-state index in [1.807, 2.05) is 0 Å². The second-order valence-electron chi connectivity index (χ2n) is 4.15. The topological polar surface area (TPSA) is 66.4 Å². The van der Waals surface area contributed by atoms with Crippen molar-refractivity contribution in [1.29, 1.82) is 0 Å². The molecule has 1 aromatic carbocycles. The third kappa shape index (κ3) is 2.81. The van der Waals surface area contributed by atoms with E-state index in [0.29, 0.717) is 0 Å². The van der Waals surface area contributed by atoms with E-state index in [-0.39, 0.29) is 17.8 Å². The molecule has 0 bridgehead atoms. The van der Waals surface area contributed by atoms with Crippen molar-refractivity contribution in [2.45, 2.75) is 18.9 Å². The predicted molar refractivity (Wildman–Crippen MR) is 57.6 cm³/mol. The average molecular weight is 237 g/mol. The van der Waals surface area contributed by atoms with Crippen LogP contribution in [0.25, 0.3) is 0 Å². The molecule has 2 N–H and O–H groups in total. The monoisotopic (exact) mass is 237 g/mol. The molecule has 1 fully saturated rings. The average Bonchev–Trinajstić information content (AvgIpc) is 3.10. The number of carbonyl (C=O) groups is 2. The SMILES string of the molecule is O=C(O)C(=O)NC(c1ccc(F)cc1)C1CC1. The van der Waals surface area contributed by atoms with E-state index in [2.05, 4.69) is 5.32 Å². The van der Waals surface area contributed by atoms with Gasteiger partial charge in [-0.05, 0) is 36.5 Å². The summed E-state index contributed by atoms with van der Waals surface area (Å²) in [5.74, 6) is -2.62. The van der Waals surface area contributed by atoms with E-state index in [4.69, 9.17) is 5.11 Å². The molecule has 2 rings (SSSR count). The summed E-state index contributed by atoms with van der Waals surface area (Å²) in [4.78, 5) is 21.6. The lowest BCUT2D eigenvalue weighted by molar-refractivity contribution is -0.150. The lowest BCUT2D eigenvalue weighted by Crippen LogP contribution is -2.35. The molecular formula is C12H12FNO3. The fraction of sp³-hybridized carbons (Fsp3) is 0.333. The van der Waals surface area contributed by atoms with Gasteiger partial charge in [0.25, 0.3) is 0 Å². The molecular weight excluding hydrogens is 225 g/mol. The minimum Gasteiger partial charge on any atom is -0.474 e. The number of rotatable bonds is 3. The predicted octanol–water partition coefficient (Wildman–Crippen LogP) is 1.48. The Morgan fingerprint density at radius 1 is 1.29 bits per heavy atom. The van der Waals surface area contributed by atoms with Crippen molar-refractivity contribution in [1.82, 2.24) is 5.32 Å². The number of carboxylic acid groups (broad SMARTS) is 1. The molecule has 1 aliphatic rings. The van der Waals surface area contributed by atoms with Crippen molar-refractivity contribution in [3.8, 4) is 0 Å². The summed E-state index contributed by atoms with van der Waals surface area (Å²) in [7, 11) is 0. The van der Waals surface area contributed by atoms with Gasteiger partial charge < -0.3 is 10.4 Å². The van der Waals surface area contributed by atoms with Crippen molar-refractivity contribution < 1.29 is 19.1 Å². The summed E-state index contributed by atoms with van der Waals surface area (Å²) in [6.07, 6.45) is 1.89. The number of amides is 1. The number of aliphatic carboxylic acids is 1. The van der Waals surface area contributed by atoms with Crippen molar-refractivity contribution in [3.05, 3.63) is 35.6 Å². The van der Waals surface area contributed by atoms with Gasteiger partial charge in [0.15, 0.2) is 0 Å². The standard InChI is InChI=1S/C12H12FNO3/c13-9-5-3-8(4-6-9)10(7-1-2-7)14-11(15)12(16)17/h3-7,10H,1-2H2,(H,14,15)(H,16,17). The normalized spacial score (nSPS) is 16.3. The quantitative estimate of drug-likeness (QED) is 0.782. The first-order valence-corrected chi connectivity index (χ1v) is 5.37. The molecule has 17 heavy (non-hydrogen) atoms. The van der Waals surface area contributed by atoms with Crippen LogP contribution >= 0.6 is 0 Å². The van der Waals surface area contributed by atoms with E-state index in [1.165, 1.54) is 12.1 Å². The highest BCUT2D eigenvalue weighted by Crippen LogP contribution is 2.40. The number of carbonyl (C=O) groups excluding carboxylic acids is 1. The number of hydrogen-bond donors (Lipinski definition) is 2. The molecule has 0 saturated heterocycles. The third-order valence-electron chi connectivity index (χ3n) is 2.80. The van der Waals surface area contributed by atoms with Gasteiger partial charge in [-0.2, -0.15) is 0 Å². The maximum absolute atomic E-state index is 12.8. The molecule has 1 aliphatic carbocycles. The van der Waals surface area contributed by atoms with Crippen LogP contribution in [0, 0.1) is 11.7 Å². The van der Waals surface area contributed by atoms with Crippen molar-refractivity contribution in [2.24, 2.45) is 5.92 Å². The molecule has 1 saturated carbocycles. The van der Waals surface area contributed by atoms with Crippen LogP contribution in [0.2, 0.25) is 0 Å². The largest absolute Gasteiger partial charge is 0.474 e. The number of halogens is 1. The second-order valence-corrected chi connectivity index (χ2v) is 4.15. The molecule has 1 unspecified atom stereocenters. The highest BCUT2D eigenvalue weighted by atomic mass is 19.1. The van der Waals surface area contributed by atoms with Gasteiger partial charge in [-0.25, -0.2) is 9.18 Å². The van der Waals surface area contributed by atoms with Gasteiger partial charge >= 0.3 is 11.9 Å². The van der Waals surface area contributed by atoms with Crippen LogP contribution in [-0.4, -0.2) is 17.0 Å². The maximum atomic E-state index is 12.8. The van der Waals surface area contributed by atoms with E-state index >= 15 is 0 Å². The molecule has 1 aromatic rings. The molecule has 1 amide bonds. The zero-order chi connectivity index (χ0) is 12.4. The van der Waals surface area contributed by atoms with Crippen LogP contribution in [0.3, 0.4) is 0 Å². The Morgan fingerprint density at radius 2 is 1.88 bits per heavy atom. The molecule has 5 heteroatoms. The maximum Gasteiger partial charge on any atom is 0.394 e. The molecule has 0 radical (unpaired) electrons. The van der Waals surface area contributed by atoms with Crippen LogP contribution in [0.5, 0.6) is 0 Å². The van der Waals surface area contributed by atoms with E-state index in [0.717, 1.165) is 18.4 Å². The van der Waals surface area contributed by atoms with E-state index in [1.54, 1.807) is 12.1 Å². The van der Waals surface area contributed by atoms with Gasteiger partial charge in [0, 0.05) is 0 Å². The molecule has 4 nitrogen and oxygen atoms in total. The zero-order valence-corrected chi connectivity index (χ0v) is 9.02. The Morgan fingerprint density at radius 3 is 2.35 bits per heavy atom. The summed E-state index contributed by atoms with van der Waals surface area (Å²) in [6, 6.07) is 5.41. The fourth-order valence-electron chi connectivity index (χ4n) is 1.78. The summed E-state index contributed by atoms with van der Waals surface area (Å²) < 4.78 is 12.8. The van der Waals surface area contributed by atoms with Crippen molar-refractivity contribution in [3.63, 3.8) is 0 Å². The van der Waals surface area contributed by atoms with Crippen molar-refractivity contribution >= 4 is 11.9 Å². The van der Waals surface area contributed by atoms with Crippen LogP contribution in [-0.2, 0) is 9.59 Å². The minimum absolute atomic E-state index is 0.253. The Kier molecular flexibility index (Phi) is 3.08. The highest BCUT2D eigenvalue weighted by Gasteiger charge is 2.34. The molecule has 0 heterocycles. The van der Waals surface area contributed by atoms with Crippen LogP contribution in [0.4, 0.5) is 4.39 Å². The Bertz CT molecular complexity index is 440. The minimum atomic E-state index is -1.50. The molecule has 0 spiro atoms. The lowest BCUT2D eigenvalue weighted by Gasteiger charge is -2.17. The summed E-state index contributed by atoms with van der Waals surface area (Å²) in [5, 5.41) is 11.0. The number of carboxylic acids is 1. The van der Waals surface area contributed by atoms with Crippen LogP contribution in [0.15, 0.2) is 24.3 Å². The lowest BCUT2D eigenvalue weighted by atomic mass is 10.0.